The van der Waals surface area contributed by atoms with Crippen LogP contribution in [0, 0.1) is 13.8 Å². The molecular weight excluding hydrogens is 581 g/mol. The van der Waals surface area contributed by atoms with Gasteiger partial charge in [0.25, 0.3) is 0 Å². The minimum atomic E-state index is -3.30. The van der Waals surface area contributed by atoms with Crippen LogP contribution in [0.3, 0.4) is 0 Å². The summed E-state index contributed by atoms with van der Waals surface area (Å²) < 4.78 is 3.88. The standard InChI is InChI=1S/C15H15NO.3C6H5.ClH.Sn/c1-11-7-12(2)9-14(8-11)16-10-13-5-3-4-6-15(13)17;3*1-2-4-6-5-3-1;;/h3-10,17H,1-2H3;3*1-5H;1H;/q;;;;;+1/p-1. The zero-order chi connectivity index (χ0) is 26.1. The number of aryl methyl sites for hydroxylation is 2. The van der Waals surface area contributed by atoms with Crippen LogP contribution in [0.2, 0.25) is 0 Å². The van der Waals surface area contributed by atoms with Crippen molar-refractivity contribution in [3.05, 3.63) is 150 Å². The van der Waals surface area contributed by atoms with Gasteiger partial charge in [0.2, 0.25) is 0 Å². The molecule has 5 aromatic rings. The molecule has 0 bridgehead atoms. The minimum absolute atomic E-state index is 0.251. The molecule has 4 heteroatoms. The van der Waals surface area contributed by atoms with Crippen LogP contribution in [-0.4, -0.2) is 28.6 Å². The fraction of sp³-hybridized carbons (Fsp3) is 0.0606. The molecule has 0 heterocycles. The van der Waals surface area contributed by atoms with Crippen LogP contribution in [0.5, 0.6) is 5.75 Å². The molecule has 0 saturated heterocycles. The molecule has 0 aliphatic carbocycles. The molecule has 37 heavy (non-hydrogen) atoms. The number of aliphatic imine (C=N–C) groups is 1. The van der Waals surface area contributed by atoms with Crippen LogP contribution in [0.1, 0.15) is 16.7 Å². The van der Waals surface area contributed by atoms with E-state index < -0.39 is 17.3 Å². The Balaban J connectivity index is 0.000000176. The average molecular weight is 611 g/mol. The Kier molecular flexibility index (Phi) is 9.21. The first-order chi connectivity index (χ1) is 18.0. The van der Waals surface area contributed by atoms with E-state index in [9.17, 15) is 5.11 Å². The van der Waals surface area contributed by atoms with E-state index in [0.29, 0.717) is 0 Å². The van der Waals surface area contributed by atoms with Crippen molar-refractivity contribution in [3.8, 4) is 5.75 Å². The molecule has 0 unspecified atom stereocenters. The van der Waals surface area contributed by atoms with Gasteiger partial charge in [0.1, 0.15) is 5.75 Å². The van der Waals surface area contributed by atoms with Crippen LogP contribution >= 0.6 is 8.92 Å². The van der Waals surface area contributed by atoms with Gasteiger partial charge in [0, 0.05) is 11.8 Å². The fourth-order valence-corrected chi connectivity index (χ4v) is 15.2. The second-order valence-corrected chi connectivity index (χ2v) is 21.4. The van der Waals surface area contributed by atoms with Crippen molar-refractivity contribution in [2.24, 2.45) is 4.99 Å². The van der Waals surface area contributed by atoms with Crippen molar-refractivity contribution in [2.75, 3.05) is 0 Å². The maximum absolute atomic E-state index is 9.61. The summed E-state index contributed by atoms with van der Waals surface area (Å²) >= 11 is -3.30. The third-order valence-electron chi connectivity index (χ3n) is 6.01. The van der Waals surface area contributed by atoms with Crippen LogP contribution in [0.4, 0.5) is 5.69 Å². The molecule has 0 saturated carbocycles. The van der Waals surface area contributed by atoms with Crippen molar-refractivity contribution in [2.45, 2.75) is 13.8 Å². The average Bonchev–Trinajstić information content (AvgIpc) is 2.93. The molecule has 0 aliphatic rings. The number of phenolic OH excluding ortho intramolecular Hbond substituents is 1. The second kappa shape index (κ2) is 12.8. The molecule has 1 N–H and O–H groups in total. The van der Waals surface area contributed by atoms with Crippen molar-refractivity contribution >= 4 is 48.8 Å². The van der Waals surface area contributed by atoms with E-state index >= 15 is 0 Å². The molecule has 0 amide bonds. The Morgan fingerprint density at radius 1 is 0.595 bits per heavy atom. The molecule has 5 rings (SSSR count). The predicted molar refractivity (Wildman–Crippen MR) is 161 cm³/mol. The van der Waals surface area contributed by atoms with E-state index in [-0.39, 0.29) is 5.75 Å². The van der Waals surface area contributed by atoms with E-state index in [1.165, 1.54) is 21.9 Å². The molecule has 5 aromatic carbocycles. The molecule has 0 atom stereocenters. The van der Waals surface area contributed by atoms with Gasteiger partial charge in [-0.25, -0.2) is 0 Å². The zero-order valence-corrected chi connectivity index (χ0v) is 24.7. The summed E-state index contributed by atoms with van der Waals surface area (Å²) in [4.78, 5) is 4.37. The van der Waals surface area contributed by atoms with E-state index in [1.807, 2.05) is 56.3 Å². The summed E-state index contributed by atoms with van der Waals surface area (Å²) in [7, 11) is 7.33. The Morgan fingerprint density at radius 3 is 1.43 bits per heavy atom. The van der Waals surface area contributed by atoms with Gasteiger partial charge in [-0.3, -0.25) is 4.99 Å². The van der Waals surface area contributed by atoms with Crippen molar-refractivity contribution in [1.82, 2.24) is 0 Å². The molecule has 0 radical (unpaired) electrons. The van der Waals surface area contributed by atoms with Gasteiger partial charge in [0.05, 0.1) is 5.69 Å². The molecule has 0 fully saturated rings. The number of halogens is 1. The summed E-state index contributed by atoms with van der Waals surface area (Å²) in [6.07, 6.45) is 1.68. The van der Waals surface area contributed by atoms with Crippen LogP contribution in [0.25, 0.3) is 0 Å². The molecule has 0 spiro atoms. The molecule has 2 nitrogen and oxygen atoms in total. The second-order valence-electron chi connectivity index (χ2n) is 8.92. The van der Waals surface area contributed by atoms with E-state index in [1.54, 1.807) is 18.3 Å². The number of benzene rings is 5. The monoisotopic (exact) mass is 611 g/mol. The van der Waals surface area contributed by atoms with Crippen molar-refractivity contribution < 1.29 is 5.11 Å². The number of nitrogens with zero attached hydrogens (tertiary/aromatic N) is 1. The van der Waals surface area contributed by atoms with Gasteiger partial charge < -0.3 is 5.11 Å². The summed E-state index contributed by atoms with van der Waals surface area (Å²) in [5.41, 5.74) is 4.02. The van der Waals surface area contributed by atoms with Crippen LogP contribution in [-0.2, 0) is 0 Å². The fourth-order valence-electron chi connectivity index (χ4n) is 4.27. The third-order valence-corrected chi connectivity index (χ3v) is 20.1. The maximum atomic E-state index is 9.61. The normalized spacial score (nSPS) is 11.1. The number of aromatic hydroxyl groups is 1. The molecular formula is C33H30ClNOSn. The number of phenols is 1. The van der Waals surface area contributed by atoms with Crippen molar-refractivity contribution in [1.29, 1.82) is 0 Å². The Morgan fingerprint density at radius 2 is 1.00 bits per heavy atom. The van der Waals surface area contributed by atoms with E-state index in [4.69, 9.17) is 8.92 Å². The van der Waals surface area contributed by atoms with Gasteiger partial charge in [-0.15, -0.1) is 0 Å². The number of para-hydroxylation sites is 1. The summed E-state index contributed by atoms with van der Waals surface area (Å²) in [6, 6.07) is 44.9. The zero-order valence-electron chi connectivity index (χ0n) is 21.1. The summed E-state index contributed by atoms with van der Waals surface area (Å²) in [5.74, 6) is 0.251. The van der Waals surface area contributed by atoms with E-state index in [2.05, 4.69) is 83.9 Å². The van der Waals surface area contributed by atoms with Gasteiger partial charge in [0.15, 0.2) is 0 Å². The van der Waals surface area contributed by atoms with Crippen molar-refractivity contribution in [3.63, 3.8) is 0 Å². The number of hydrogen-bond donors (Lipinski definition) is 1. The van der Waals surface area contributed by atoms with Gasteiger partial charge in [-0.1, -0.05) is 18.2 Å². The predicted octanol–water partition coefficient (Wildman–Crippen LogP) is 6.65. The summed E-state index contributed by atoms with van der Waals surface area (Å²) in [6.45, 7) is 4.10. The number of hydrogen-bond acceptors (Lipinski definition) is 2. The summed E-state index contributed by atoms with van der Waals surface area (Å²) in [5, 5.41) is 9.61. The Labute approximate surface area is 227 Å². The number of rotatable bonds is 5. The third kappa shape index (κ3) is 6.91. The van der Waals surface area contributed by atoms with E-state index in [0.717, 1.165) is 11.3 Å². The molecule has 0 aromatic heterocycles. The Bertz CT molecular complexity index is 1340. The van der Waals surface area contributed by atoms with Gasteiger partial charge >= 0.3 is 128 Å². The first-order valence-corrected chi connectivity index (χ1v) is 20.1. The van der Waals surface area contributed by atoms with Gasteiger partial charge in [-0.05, 0) is 49.2 Å². The molecule has 0 aliphatic heterocycles. The first kappa shape index (κ1) is 26.7. The van der Waals surface area contributed by atoms with Crippen LogP contribution < -0.4 is 10.7 Å². The topological polar surface area (TPSA) is 32.6 Å². The van der Waals surface area contributed by atoms with Gasteiger partial charge in [-0.2, -0.15) is 0 Å². The quantitative estimate of drug-likeness (QED) is 0.175. The first-order valence-electron chi connectivity index (χ1n) is 12.2. The van der Waals surface area contributed by atoms with Crippen LogP contribution in [0.15, 0.2) is 138 Å². The SMILES string of the molecule is Cc1cc(C)cc(N=Cc2ccccc2O)c1.[Cl][Sn]([c]1ccccc1)([c]1ccccc1)[c]1ccccc1. The Hall–Kier alpha value is -3.34. The molecule has 184 valence electrons.